The zero-order valence-electron chi connectivity index (χ0n) is 13.0. The van der Waals surface area contributed by atoms with Gasteiger partial charge in [-0.2, -0.15) is 0 Å². The summed E-state index contributed by atoms with van der Waals surface area (Å²) in [6.45, 7) is 7.63. The first kappa shape index (κ1) is 15.4. The Morgan fingerprint density at radius 3 is 2.57 bits per heavy atom. The molecule has 21 heavy (non-hydrogen) atoms. The van der Waals surface area contributed by atoms with Crippen LogP contribution in [-0.2, 0) is 4.74 Å². The molecule has 112 valence electrons. The third kappa shape index (κ3) is 4.26. The molecule has 4 nitrogen and oxygen atoms in total. The SMILES string of the molecule is CCCNc1cc(C)nc(C(OCC)c2ccccc2)n1. The van der Waals surface area contributed by atoms with Crippen LogP contribution in [0.25, 0.3) is 0 Å². The Labute approximate surface area is 126 Å². The molecule has 0 aliphatic carbocycles. The van der Waals surface area contributed by atoms with Gasteiger partial charge < -0.3 is 10.1 Å². The molecular weight excluding hydrogens is 262 g/mol. The van der Waals surface area contributed by atoms with Crippen molar-refractivity contribution in [2.45, 2.75) is 33.3 Å². The first-order valence-electron chi connectivity index (χ1n) is 7.50. The van der Waals surface area contributed by atoms with E-state index in [0.717, 1.165) is 30.0 Å². The number of hydrogen-bond acceptors (Lipinski definition) is 4. The zero-order chi connectivity index (χ0) is 15.1. The summed E-state index contributed by atoms with van der Waals surface area (Å²) in [5.41, 5.74) is 2.02. The van der Waals surface area contributed by atoms with Crippen LogP contribution in [0.3, 0.4) is 0 Å². The molecule has 0 saturated carbocycles. The minimum Gasteiger partial charge on any atom is -0.370 e. The molecule has 0 radical (unpaired) electrons. The molecule has 0 amide bonds. The van der Waals surface area contributed by atoms with Gasteiger partial charge in [-0.05, 0) is 25.8 Å². The summed E-state index contributed by atoms with van der Waals surface area (Å²) in [6, 6.07) is 12.1. The largest absolute Gasteiger partial charge is 0.370 e. The average molecular weight is 285 g/mol. The Morgan fingerprint density at radius 2 is 1.90 bits per heavy atom. The number of hydrogen-bond donors (Lipinski definition) is 1. The molecule has 2 rings (SSSR count). The van der Waals surface area contributed by atoms with E-state index in [2.05, 4.69) is 22.2 Å². The van der Waals surface area contributed by atoms with Gasteiger partial charge >= 0.3 is 0 Å². The summed E-state index contributed by atoms with van der Waals surface area (Å²) in [5, 5.41) is 3.32. The van der Waals surface area contributed by atoms with Crippen molar-refractivity contribution in [2.75, 3.05) is 18.5 Å². The molecule has 0 bridgehead atoms. The quantitative estimate of drug-likeness (QED) is 0.842. The number of ether oxygens (including phenoxy) is 1. The van der Waals surface area contributed by atoms with E-state index in [9.17, 15) is 0 Å². The van der Waals surface area contributed by atoms with Crippen molar-refractivity contribution < 1.29 is 4.74 Å². The molecule has 1 aromatic carbocycles. The molecular formula is C17H23N3O. The van der Waals surface area contributed by atoms with Crippen LogP contribution in [0, 0.1) is 6.92 Å². The summed E-state index contributed by atoms with van der Waals surface area (Å²) in [7, 11) is 0. The van der Waals surface area contributed by atoms with Crippen molar-refractivity contribution >= 4 is 5.82 Å². The second kappa shape index (κ2) is 7.74. The van der Waals surface area contributed by atoms with Crippen molar-refractivity contribution in [1.82, 2.24) is 9.97 Å². The lowest BCUT2D eigenvalue weighted by molar-refractivity contribution is 0.0851. The normalized spacial score (nSPS) is 12.1. The highest BCUT2D eigenvalue weighted by molar-refractivity contribution is 5.37. The Morgan fingerprint density at radius 1 is 1.14 bits per heavy atom. The fourth-order valence-electron chi connectivity index (χ4n) is 2.17. The van der Waals surface area contributed by atoms with Gasteiger partial charge in [-0.1, -0.05) is 37.3 Å². The number of nitrogens with one attached hydrogen (secondary N) is 1. The van der Waals surface area contributed by atoms with Crippen LogP contribution in [0.2, 0.25) is 0 Å². The molecule has 0 aliphatic heterocycles. The molecule has 1 N–H and O–H groups in total. The Kier molecular flexibility index (Phi) is 5.69. The lowest BCUT2D eigenvalue weighted by atomic mass is 10.1. The Hall–Kier alpha value is -1.94. The van der Waals surface area contributed by atoms with Gasteiger partial charge in [-0.3, -0.25) is 0 Å². The number of nitrogens with zero attached hydrogens (tertiary/aromatic N) is 2. The zero-order valence-corrected chi connectivity index (χ0v) is 13.0. The van der Waals surface area contributed by atoms with E-state index < -0.39 is 0 Å². The third-order valence-corrected chi connectivity index (χ3v) is 3.10. The van der Waals surface area contributed by atoms with Crippen molar-refractivity contribution in [2.24, 2.45) is 0 Å². The van der Waals surface area contributed by atoms with Crippen LogP contribution in [0.4, 0.5) is 5.82 Å². The van der Waals surface area contributed by atoms with Gasteiger partial charge in [0.05, 0.1) is 0 Å². The molecule has 1 atom stereocenters. The maximum atomic E-state index is 5.88. The van der Waals surface area contributed by atoms with Gasteiger partial charge in [0.2, 0.25) is 0 Å². The fourth-order valence-corrected chi connectivity index (χ4v) is 2.17. The predicted molar refractivity (Wildman–Crippen MR) is 85.5 cm³/mol. The fraction of sp³-hybridized carbons (Fsp3) is 0.412. The van der Waals surface area contributed by atoms with Gasteiger partial charge in [-0.25, -0.2) is 9.97 Å². The predicted octanol–water partition coefficient (Wildman–Crippen LogP) is 3.73. The van der Waals surface area contributed by atoms with Crippen LogP contribution in [-0.4, -0.2) is 23.1 Å². The molecule has 2 aromatic rings. The van der Waals surface area contributed by atoms with E-state index in [1.165, 1.54) is 0 Å². The summed E-state index contributed by atoms with van der Waals surface area (Å²) in [6.07, 6.45) is 0.838. The van der Waals surface area contributed by atoms with Gasteiger partial charge in [-0.15, -0.1) is 0 Å². The minimum atomic E-state index is -0.224. The van der Waals surface area contributed by atoms with Crippen molar-refractivity contribution in [3.8, 4) is 0 Å². The number of aromatic nitrogens is 2. The maximum absolute atomic E-state index is 5.88. The second-order valence-electron chi connectivity index (χ2n) is 4.93. The van der Waals surface area contributed by atoms with E-state index >= 15 is 0 Å². The van der Waals surface area contributed by atoms with Gasteiger partial charge in [0.1, 0.15) is 11.9 Å². The van der Waals surface area contributed by atoms with Crippen LogP contribution in [0.15, 0.2) is 36.4 Å². The number of benzene rings is 1. The van der Waals surface area contributed by atoms with Gasteiger partial charge in [0.25, 0.3) is 0 Å². The molecule has 4 heteroatoms. The molecule has 0 saturated heterocycles. The lowest BCUT2D eigenvalue weighted by Crippen LogP contribution is -2.13. The molecule has 1 heterocycles. The average Bonchev–Trinajstić information content (AvgIpc) is 2.51. The number of aryl methyl sites for hydroxylation is 1. The number of rotatable bonds is 7. The summed E-state index contributed by atoms with van der Waals surface area (Å²) in [4.78, 5) is 9.18. The smallest absolute Gasteiger partial charge is 0.164 e. The van der Waals surface area contributed by atoms with Gasteiger partial charge in [0, 0.05) is 24.9 Å². The van der Waals surface area contributed by atoms with Crippen molar-refractivity contribution in [1.29, 1.82) is 0 Å². The van der Waals surface area contributed by atoms with E-state index in [1.54, 1.807) is 0 Å². The summed E-state index contributed by atoms with van der Waals surface area (Å²) >= 11 is 0. The molecule has 0 aliphatic rings. The van der Waals surface area contributed by atoms with E-state index in [-0.39, 0.29) is 6.10 Å². The van der Waals surface area contributed by atoms with E-state index in [0.29, 0.717) is 12.4 Å². The summed E-state index contributed by atoms with van der Waals surface area (Å²) < 4.78 is 5.88. The van der Waals surface area contributed by atoms with Crippen molar-refractivity contribution in [3.05, 3.63) is 53.5 Å². The standard InChI is InChI=1S/C17H23N3O/c1-4-11-18-15-12-13(3)19-17(20-15)16(21-5-2)14-9-7-6-8-10-14/h6-10,12,16H,4-5,11H2,1-3H3,(H,18,19,20). The third-order valence-electron chi connectivity index (χ3n) is 3.10. The van der Waals surface area contributed by atoms with Crippen LogP contribution in [0.5, 0.6) is 0 Å². The highest BCUT2D eigenvalue weighted by Crippen LogP contribution is 2.24. The topological polar surface area (TPSA) is 47.0 Å². The van der Waals surface area contributed by atoms with Crippen molar-refractivity contribution in [3.63, 3.8) is 0 Å². The molecule has 0 spiro atoms. The van der Waals surface area contributed by atoms with Crippen LogP contribution in [0.1, 0.15) is 43.5 Å². The summed E-state index contributed by atoms with van der Waals surface area (Å²) in [5.74, 6) is 1.57. The Bertz CT molecular complexity index is 557. The first-order chi connectivity index (χ1) is 10.2. The lowest BCUT2D eigenvalue weighted by Gasteiger charge is -2.17. The van der Waals surface area contributed by atoms with Crippen LogP contribution >= 0.6 is 0 Å². The first-order valence-corrected chi connectivity index (χ1v) is 7.50. The maximum Gasteiger partial charge on any atom is 0.164 e. The molecule has 1 aromatic heterocycles. The van der Waals surface area contributed by atoms with E-state index in [1.807, 2.05) is 50.2 Å². The van der Waals surface area contributed by atoms with Crippen LogP contribution < -0.4 is 5.32 Å². The van der Waals surface area contributed by atoms with E-state index in [4.69, 9.17) is 4.74 Å². The monoisotopic (exact) mass is 285 g/mol. The molecule has 1 unspecified atom stereocenters. The number of anilines is 1. The second-order valence-corrected chi connectivity index (χ2v) is 4.93. The minimum absolute atomic E-state index is 0.224. The van der Waals surface area contributed by atoms with Gasteiger partial charge in [0.15, 0.2) is 5.82 Å². The highest BCUT2D eigenvalue weighted by Gasteiger charge is 2.18. The highest BCUT2D eigenvalue weighted by atomic mass is 16.5. The Balaban J connectivity index is 2.33. The molecule has 0 fully saturated rings.